The number of para-hydroxylation sites is 1. The second-order valence-corrected chi connectivity index (χ2v) is 18.2. The molecule has 1 saturated heterocycles. The Morgan fingerprint density at radius 1 is 0.961 bits per heavy atom. The van der Waals surface area contributed by atoms with Gasteiger partial charge in [-0.3, -0.25) is 19.3 Å². The van der Waals surface area contributed by atoms with E-state index in [0.29, 0.717) is 46.4 Å². The van der Waals surface area contributed by atoms with Gasteiger partial charge in [0.2, 0.25) is 14.3 Å². The smallest absolute Gasteiger partial charge is 0.279 e. The molecule has 1 spiro atoms. The minimum absolute atomic E-state index is 0.144. The monoisotopic (exact) mass is 702 g/mol. The maximum atomic E-state index is 16.6. The fraction of sp³-hybridized carbons (Fsp3) is 0.300. The number of ether oxygens (including phenoxy) is 1. The number of fused-ring (bicyclic) bond motifs is 4. The van der Waals surface area contributed by atoms with E-state index < -0.39 is 37.6 Å². The van der Waals surface area contributed by atoms with Crippen molar-refractivity contribution in [1.29, 1.82) is 0 Å². The zero-order valence-electron chi connectivity index (χ0n) is 28.7. The molecule has 3 aliphatic heterocycles. The molecule has 0 bridgehead atoms. The number of carbonyl (C=O) groups is 2. The molecule has 4 aromatic carbocycles. The van der Waals surface area contributed by atoms with Crippen LogP contribution in [0.3, 0.4) is 0 Å². The van der Waals surface area contributed by atoms with Crippen molar-refractivity contribution >= 4 is 42.4 Å². The number of carbonyl (C=O) groups excluding carboxylic acids is 2. The molecule has 5 aromatic rings. The van der Waals surface area contributed by atoms with E-state index >= 15 is 8.90 Å². The fourth-order valence-electron chi connectivity index (χ4n) is 8.73. The maximum absolute atomic E-state index is 16.6. The summed E-state index contributed by atoms with van der Waals surface area (Å²) in [6.45, 7) is 5.18. The lowest BCUT2D eigenvalue weighted by Crippen LogP contribution is -2.48. The van der Waals surface area contributed by atoms with Gasteiger partial charge in [-0.25, -0.2) is 0 Å². The largest absolute Gasteiger partial charge is 0.394 e. The fourth-order valence-corrected chi connectivity index (χ4v) is 11.2. The van der Waals surface area contributed by atoms with Crippen LogP contribution >= 0.6 is 0 Å². The topological polar surface area (TPSA) is 105 Å². The highest BCUT2D eigenvalue weighted by atomic mass is 28.4. The van der Waals surface area contributed by atoms with E-state index in [2.05, 4.69) is 5.10 Å². The Hall–Kier alpha value is -4.97. The lowest BCUT2D eigenvalue weighted by Gasteiger charge is -2.37. The molecule has 0 aliphatic carbocycles. The SMILES string of the molecule is C[C@H]1[C@H]([Si](C)(C)F)[C@@H](CC(=O)N2Cc3ccccc3C[C@H]2CO)O[C@]12C(=O)N(c1ccccc1)c1ccc(-n3ncc4ccccc4c3=O)cc12. The summed E-state index contributed by atoms with van der Waals surface area (Å²) < 4.78 is 24.9. The molecule has 0 radical (unpaired) electrons. The number of anilines is 2. The lowest BCUT2D eigenvalue weighted by molar-refractivity contribution is -0.150. The van der Waals surface area contributed by atoms with Gasteiger partial charge in [-0.1, -0.05) is 67.6 Å². The molecule has 1 fully saturated rings. The lowest BCUT2D eigenvalue weighted by atomic mass is 9.82. The minimum atomic E-state index is -3.60. The average Bonchev–Trinajstić information content (AvgIpc) is 3.57. The van der Waals surface area contributed by atoms with E-state index in [0.717, 1.165) is 11.1 Å². The van der Waals surface area contributed by atoms with Gasteiger partial charge in [-0.2, -0.15) is 9.78 Å². The molecule has 4 heterocycles. The first-order valence-electron chi connectivity index (χ1n) is 17.4. The number of halogens is 1. The quantitative estimate of drug-likeness (QED) is 0.168. The summed E-state index contributed by atoms with van der Waals surface area (Å²) in [6.07, 6.45) is 1.09. The van der Waals surface area contributed by atoms with Crippen molar-refractivity contribution in [2.75, 3.05) is 11.5 Å². The number of benzene rings is 4. The standard InChI is InChI=1S/C40H39FN4O5Si/c1-25-37(51(2,3)41)35(21-36(47)43-23-28-13-8-7-11-26(28)19-31(43)24-46)50-40(25)33-20-30(45-38(48)32-16-10-9-12-27(32)22-42-45)17-18-34(33)44(39(40)49)29-14-5-4-6-15-29/h4-18,20,22,25,31,35,37,46H,19,21,23-24H2,1-3H3/t25-,31-,35+,37-,40+/m0/s1. The van der Waals surface area contributed by atoms with E-state index in [1.165, 1.54) is 4.68 Å². The van der Waals surface area contributed by atoms with Crippen LogP contribution in [0.15, 0.2) is 108 Å². The molecule has 3 aliphatic rings. The summed E-state index contributed by atoms with van der Waals surface area (Å²) in [5.41, 5.74) is 1.55. The van der Waals surface area contributed by atoms with Gasteiger partial charge >= 0.3 is 0 Å². The van der Waals surface area contributed by atoms with Crippen LogP contribution in [0.5, 0.6) is 0 Å². The first-order valence-corrected chi connectivity index (χ1v) is 20.3. The molecule has 2 amide bonds. The van der Waals surface area contributed by atoms with Gasteiger partial charge in [-0.05, 0) is 67.0 Å². The molecular weight excluding hydrogens is 664 g/mol. The van der Waals surface area contributed by atoms with Crippen LogP contribution < -0.4 is 10.5 Å². The van der Waals surface area contributed by atoms with E-state index in [-0.39, 0.29) is 30.4 Å². The van der Waals surface area contributed by atoms with E-state index in [9.17, 15) is 14.7 Å². The predicted octanol–water partition coefficient (Wildman–Crippen LogP) is 6.17. The number of hydrogen-bond donors (Lipinski definition) is 1. The zero-order valence-corrected chi connectivity index (χ0v) is 29.7. The highest BCUT2D eigenvalue weighted by Crippen LogP contribution is 2.61. The summed E-state index contributed by atoms with van der Waals surface area (Å²) in [5, 5.41) is 16.0. The van der Waals surface area contributed by atoms with E-state index in [4.69, 9.17) is 4.74 Å². The van der Waals surface area contributed by atoms with Crippen molar-refractivity contribution in [2.45, 2.75) is 62.7 Å². The van der Waals surface area contributed by atoms with Crippen LogP contribution in [-0.4, -0.2) is 58.8 Å². The zero-order chi connectivity index (χ0) is 35.7. The minimum Gasteiger partial charge on any atom is -0.394 e. The van der Waals surface area contributed by atoms with Crippen molar-refractivity contribution < 1.29 is 23.5 Å². The number of amides is 2. The second-order valence-electron chi connectivity index (χ2n) is 14.4. The van der Waals surface area contributed by atoms with E-state index in [1.807, 2.05) is 73.7 Å². The van der Waals surface area contributed by atoms with Gasteiger partial charge in [0.05, 0.1) is 48.1 Å². The Morgan fingerprint density at radius 2 is 1.67 bits per heavy atom. The Morgan fingerprint density at radius 3 is 2.41 bits per heavy atom. The number of aromatic nitrogens is 2. The van der Waals surface area contributed by atoms with Crippen LogP contribution in [-0.2, 0) is 32.9 Å². The highest BCUT2D eigenvalue weighted by Gasteiger charge is 2.67. The molecule has 5 atom stereocenters. The van der Waals surface area contributed by atoms with Crippen LogP contribution in [0.2, 0.25) is 18.6 Å². The van der Waals surface area contributed by atoms with Crippen LogP contribution in [0.4, 0.5) is 15.5 Å². The number of aliphatic hydroxyl groups excluding tert-OH is 1. The van der Waals surface area contributed by atoms with Crippen LogP contribution in [0.25, 0.3) is 16.5 Å². The molecule has 9 nitrogen and oxygen atoms in total. The van der Waals surface area contributed by atoms with Gasteiger partial charge in [0, 0.05) is 34.6 Å². The van der Waals surface area contributed by atoms with Gasteiger partial charge < -0.3 is 18.9 Å². The van der Waals surface area contributed by atoms with E-state index in [1.54, 1.807) is 59.4 Å². The van der Waals surface area contributed by atoms with Crippen molar-refractivity contribution in [2.24, 2.45) is 5.92 Å². The third-order valence-electron chi connectivity index (χ3n) is 11.1. The molecule has 8 rings (SSSR count). The first-order chi connectivity index (χ1) is 24.5. The molecule has 1 N–H and O–H groups in total. The Labute approximate surface area is 296 Å². The molecule has 1 aromatic heterocycles. The third-order valence-corrected chi connectivity index (χ3v) is 13.5. The predicted molar refractivity (Wildman–Crippen MR) is 195 cm³/mol. The Bertz CT molecular complexity index is 2240. The van der Waals surface area contributed by atoms with Crippen molar-refractivity contribution in [1.82, 2.24) is 14.7 Å². The van der Waals surface area contributed by atoms with Crippen molar-refractivity contribution in [3.05, 3.63) is 130 Å². The van der Waals surface area contributed by atoms with Crippen LogP contribution in [0.1, 0.15) is 30.0 Å². The van der Waals surface area contributed by atoms with Gasteiger partial charge in [0.15, 0.2) is 5.60 Å². The number of nitrogens with zero attached hydrogens (tertiary/aromatic N) is 4. The average molecular weight is 703 g/mol. The van der Waals surface area contributed by atoms with Gasteiger partial charge in [0.1, 0.15) is 0 Å². The normalized spacial score (nSPS) is 24.3. The number of aliphatic hydroxyl groups is 1. The second kappa shape index (κ2) is 12.4. The molecule has 51 heavy (non-hydrogen) atoms. The van der Waals surface area contributed by atoms with Crippen molar-refractivity contribution in [3.8, 4) is 5.69 Å². The summed E-state index contributed by atoms with van der Waals surface area (Å²) in [7, 11) is -3.60. The maximum Gasteiger partial charge on any atom is 0.279 e. The van der Waals surface area contributed by atoms with Gasteiger partial charge in [0.25, 0.3) is 11.5 Å². The van der Waals surface area contributed by atoms with Gasteiger partial charge in [-0.15, -0.1) is 0 Å². The highest BCUT2D eigenvalue weighted by molar-refractivity contribution is 6.72. The molecule has 260 valence electrons. The molecule has 0 unspecified atom stereocenters. The summed E-state index contributed by atoms with van der Waals surface area (Å²) in [4.78, 5) is 46.2. The summed E-state index contributed by atoms with van der Waals surface area (Å²) in [6, 6.07) is 29.2. The Kier molecular flexibility index (Phi) is 8.04. The number of hydrogen-bond acceptors (Lipinski definition) is 6. The molecular formula is C40H39FN4O5Si. The Balaban J connectivity index is 1.24. The first kappa shape index (κ1) is 33.2. The number of rotatable bonds is 6. The summed E-state index contributed by atoms with van der Waals surface area (Å²) in [5.74, 6) is -1.29. The third kappa shape index (κ3) is 5.25. The molecule has 11 heteroatoms. The van der Waals surface area contributed by atoms with Crippen LogP contribution in [0, 0.1) is 5.92 Å². The van der Waals surface area contributed by atoms with Crippen molar-refractivity contribution in [3.63, 3.8) is 0 Å². The molecule has 0 saturated carbocycles. The summed E-state index contributed by atoms with van der Waals surface area (Å²) >= 11 is 0.